The molecule has 1 aliphatic carbocycles. The number of amides is 1. The molecule has 1 amide bonds. The first-order valence-electron chi connectivity index (χ1n) is 8.09. The van der Waals surface area contributed by atoms with Crippen molar-refractivity contribution in [1.29, 1.82) is 0 Å². The second kappa shape index (κ2) is 6.91. The van der Waals surface area contributed by atoms with Crippen molar-refractivity contribution in [3.8, 4) is 5.75 Å². The van der Waals surface area contributed by atoms with Gasteiger partial charge in [0, 0.05) is 25.6 Å². The molecule has 2 aromatic rings. The minimum atomic E-state index is -0.279. The minimum Gasteiger partial charge on any atom is -0.476 e. The summed E-state index contributed by atoms with van der Waals surface area (Å²) in [6, 6.07) is 9.67. The molecule has 1 aliphatic rings. The number of ether oxygens (including phenoxy) is 1. The SMILES string of the molecule is Cc1occc(=O)c1OCC(=O)N(C)CC1CCc2ccccc21. The summed E-state index contributed by atoms with van der Waals surface area (Å²) in [5.41, 5.74) is 2.42. The normalized spacial score (nSPS) is 15.8. The molecule has 3 rings (SSSR count). The Bertz CT molecular complexity index is 796. The van der Waals surface area contributed by atoms with E-state index in [1.165, 1.54) is 23.5 Å². The van der Waals surface area contributed by atoms with Crippen LogP contribution in [0.1, 0.15) is 29.2 Å². The first-order chi connectivity index (χ1) is 11.6. The Morgan fingerprint density at radius 1 is 1.33 bits per heavy atom. The summed E-state index contributed by atoms with van der Waals surface area (Å²) >= 11 is 0. The predicted molar refractivity (Wildman–Crippen MR) is 90.4 cm³/mol. The molecule has 0 N–H and O–H groups in total. The van der Waals surface area contributed by atoms with Gasteiger partial charge in [-0.05, 0) is 30.9 Å². The maximum atomic E-state index is 12.3. The van der Waals surface area contributed by atoms with E-state index in [4.69, 9.17) is 9.15 Å². The van der Waals surface area contributed by atoms with E-state index in [-0.39, 0.29) is 23.7 Å². The monoisotopic (exact) mass is 327 g/mol. The second-order valence-corrected chi connectivity index (χ2v) is 6.17. The Hall–Kier alpha value is -2.56. The lowest BCUT2D eigenvalue weighted by Crippen LogP contribution is -2.34. The van der Waals surface area contributed by atoms with Gasteiger partial charge in [-0.3, -0.25) is 9.59 Å². The molecule has 1 atom stereocenters. The van der Waals surface area contributed by atoms with Crippen LogP contribution in [-0.4, -0.2) is 31.0 Å². The first kappa shape index (κ1) is 16.3. The van der Waals surface area contributed by atoms with Gasteiger partial charge in [-0.25, -0.2) is 0 Å². The van der Waals surface area contributed by atoms with Crippen molar-refractivity contribution in [2.24, 2.45) is 0 Å². The van der Waals surface area contributed by atoms with E-state index in [9.17, 15) is 9.59 Å². The number of hydrogen-bond acceptors (Lipinski definition) is 4. The topological polar surface area (TPSA) is 59.8 Å². The van der Waals surface area contributed by atoms with Crippen LogP contribution < -0.4 is 10.2 Å². The van der Waals surface area contributed by atoms with Crippen molar-refractivity contribution in [3.05, 3.63) is 63.7 Å². The van der Waals surface area contributed by atoms with E-state index in [1.807, 2.05) is 6.07 Å². The molecule has 5 heteroatoms. The molecule has 0 saturated carbocycles. The Morgan fingerprint density at radius 2 is 2.12 bits per heavy atom. The summed E-state index contributed by atoms with van der Waals surface area (Å²) < 4.78 is 10.5. The summed E-state index contributed by atoms with van der Waals surface area (Å²) in [6.45, 7) is 2.13. The summed E-state index contributed by atoms with van der Waals surface area (Å²) in [4.78, 5) is 25.7. The van der Waals surface area contributed by atoms with Gasteiger partial charge in [0.1, 0.15) is 5.76 Å². The zero-order valence-corrected chi connectivity index (χ0v) is 14.0. The van der Waals surface area contributed by atoms with Crippen LogP contribution in [0.3, 0.4) is 0 Å². The maximum absolute atomic E-state index is 12.3. The zero-order valence-electron chi connectivity index (χ0n) is 14.0. The van der Waals surface area contributed by atoms with Crippen LogP contribution in [0.4, 0.5) is 0 Å². The molecule has 1 heterocycles. The van der Waals surface area contributed by atoms with Gasteiger partial charge in [0.25, 0.3) is 5.91 Å². The lowest BCUT2D eigenvalue weighted by atomic mass is 10.0. The van der Waals surface area contributed by atoms with Crippen molar-refractivity contribution in [1.82, 2.24) is 4.90 Å². The number of likely N-dealkylation sites (N-methyl/N-ethyl adjacent to an activating group) is 1. The van der Waals surface area contributed by atoms with E-state index in [0.717, 1.165) is 12.8 Å². The van der Waals surface area contributed by atoms with Gasteiger partial charge >= 0.3 is 0 Å². The standard InChI is InChI=1S/C19H21NO4/c1-13-19(17(21)9-10-23-13)24-12-18(22)20(2)11-15-8-7-14-5-3-4-6-16(14)15/h3-6,9-10,15H,7-8,11-12H2,1-2H3. The lowest BCUT2D eigenvalue weighted by molar-refractivity contribution is -0.132. The molecule has 1 unspecified atom stereocenters. The van der Waals surface area contributed by atoms with Crippen LogP contribution >= 0.6 is 0 Å². The molecular formula is C19H21NO4. The highest BCUT2D eigenvalue weighted by Gasteiger charge is 2.24. The van der Waals surface area contributed by atoms with Gasteiger partial charge in [-0.2, -0.15) is 0 Å². The third-order valence-corrected chi connectivity index (χ3v) is 4.52. The van der Waals surface area contributed by atoms with Crippen LogP contribution in [0.15, 0.2) is 45.8 Å². The van der Waals surface area contributed by atoms with Crippen LogP contribution in [0.5, 0.6) is 5.75 Å². The van der Waals surface area contributed by atoms with Gasteiger partial charge in [0.2, 0.25) is 11.2 Å². The number of carbonyl (C=O) groups excluding carboxylic acids is 1. The molecule has 24 heavy (non-hydrogen) atoms. The number of carbonyl (C=O) groups is 1. The van der Waals surface area contributed by atoms with Gasteiger partial charge in [-0.1, -0.05) is 24.3 Å². The van der Waals surface area contributed by atoms with Gasteiger partial charge < -0.3 is 14.1 Å². The predicted octanol–water partition coefficient (Wildman–Crippen LogP) is 2.52. The fraction of sp³-hybridized carbons (Fsp3) is 0.368. The van der Waals surface area contributed by atoms with Crippen molar-refractivity contribution in [3.63, 3.8) is 0 Å². The van der Waals surface area contributed by atoms with Crippen molar-refractivity contribution < 1.29 is 13.9 Å². The summed E-state index contributed by atoms with van der Waals surface area (Å²) in [5.74, 6) is 0.689. The Kier molecular flexibility index (Phi) is 4.69. The average molecular weight is 327 g/mol. The highest BCUT2D eigenvalue weighted by molar-refractivity contribution is 5.77. The molecule has 5 nitrogen and oxygen atoms in total. The smallest absolute Gasteiger partial charge is 0.260 e. The maximum Gasteiger partial charge on any atom is 0.260 e. The van der Waals surface area contributed by atoms with Gasteiger partial charge in [0.15, 0.2) is 6.61 Å². The van der Waals surface area contributed by atoms with Gasteiger partial charge in [0.05, 0.1) is 6.26 Å². The Balaban J connectivity index is 1.59. The van der Waals surface area contributed by atoms with Crippen molar-refractivity contribution in [2.45, 2.75) is 25.7 Å². The van der Waals surface area contributed by atoms with Crippen LogP contribution in [0, 0.1) is 6.92 Å². The van der Waals surface area contributed by atoms with Crippen molar-refractivity contribution in [2.75, 3.05) is 20.2 Å². The molecule has 0 fully saturated rings. The average Bonchev–Trinajstić information content (AvgIpc) is 2.97. The highest BCUT2D eigenvalue weighted by atomic mass is 16.5. The largest absolute Gasteiger partial charge is 0.476 e. The molecule has 0 saturated heterocycles. The molecule has 126 valence electrons. The third kappa shape index (κ3) is 3.35. The van der Waals surface area contributed by atoms with E-state index in [2.05, 4.69) is 18.2 Å². The van der Waals surface area contributed by atoms with E-state index >= 15 is 0 Å². The summed E-state index contributed by atoms with van der Waals surface area (Å²) in [7, 11) is 1.77. The number of rotatable bonds is 5. The molecule has 0 bridgehead atoms. The molecular weight excluding hydrogens is 306 g/mol. The number of aryl methyl sites for hydroxylation is 2. The van der Waals surface area contributed by atoms with Crippen LogP contribution in [-0.2, 0) is 11.2 Å². The molecule has 1 aromatic heterocycles. The van der Waals surface area contributed by atoms with E-state index < -0.39 is 0 Å². The third-order valence-electron chi connectivity index (χ3n) is 4.52. The van der Waals surface area contributed by atoms with Gasteiger partial charge in [-0.15, -0.1) is 0 Å². The number of fused-ring (bicyclic) bond motifs is 1. The first-order valence-corrected chi connectivity index (χ1v) is 8.09. The van der Waals surface area contributed by atoms with Crippen LogP contribution in [0.2, 0.25) is 0 Å². The lowest BCUT2D eigenvalue weighted by Gasteiger charge is -2.22. The fourth-order valence-corrected chi connectivity index (χ4v) is 3.18. The fourth-order valence-electron chi connectivity index (χ4n) is 3.18. The second-order valence-electron chi connectivity index (χ2n) is 6.17. The molecule has 0 aliphatic heterocycles. The molecule has 1 aromatic carbocycles. The van der Waals surface area contributed by atoms with Crippen molar-refractivity contribution >= 4 is 5.91 Å². The number of hydrogen-bond donors (Lipinski definition) is 0. The Labute approximate surface area is 140 Å². The van der Waals surface area contributed by atoms with E-state index in [1.54, 1.807) is 18.9 Å². The molecule has 0 spiro atoms. The number of nitrogens with zero attached hydrogens (tertiary/aromatic N) is 1. The van der Waals surface area contributed by atoms with E-state index in [0.29, 0.717) is 18.2 Å². The van der Waals surface area contributed by atoms with Crippen LogP contribution in [0.25, 0.3) is 0 Å². The summed E-state index contributed by atoms with van der Waals surface area (Å²) in [6.07, 6.45) is 3.43. The highest BCUT2D eigenvalue weighted by Crippen LogP contribution is 2.33. The quantitative estimate of drug-likeness (QED) is 0.847. The minimum absolute atomic E-state index is 0.102. The Morgan fingerprint density at radius 3 is 2.92 bits per heavy atom. The summed E-state index contributed by atoms with van der Waals surface area (Å²) in [5, 5.41) is 0. The molecule has 0 radical (unpaired) electrons. The number of benzene rings is 1. The zero-order chi connectivity index (χ0) is 17.1.